The van der Waals surface area contributed by atoms with E-state index in [1.807, 2.05) is 0 Å². The van der Waals surface area contributed by atoms with Crippen LogP contribution in [0.2, 0.25) is 0 Å². The van der Waals surface area contributed by atoms with Crippen LogP contribution in [0.15, 0.2) is 0 Å². The van der Waals surface area contributed by atoms with E-state index in [2.05, 4.69) is 33.0 Å². The van der Waals surface area contributed by atoms with Crippen LogP contribution in [0.1, 0.15) is 53.4 Å². The highest BCUT2D eigenvalue weighted by atomic mass is 16.5. The lowest BCUT2D eigenvalue weighted by Crippen LogP contribution is -2.45. The maximum atomic E-state index is 10.1. The maximum absolute atomic E-state index is 10.1. The Labute approximate surface area is 106 Å². The number of hydrogen-bond donors (Lipinski definition) is 2. The van der Waals surface area contributed by atoms with Gasteiger partial charge in [0.1, 0.15) is 0 Å². The molecule has 0 saturated carbocycles. The van der Waals surface area contributed by atoms with E-state index in [1.54, 1.807) is 0 Å². The van der Waals surface area contributed by atoms with E-state index in [0.29, 0.717) is 24.2 Å². The fourth-order valence-electron chi connectivity index (χ4n) is 2.86. The van der Waals surface area contributed by atoms with Gasteiger partial charge < -0.3 is 15.2 Å². The van der Waals surface area contributed by atoms with E-state index in [1.165, 1.54) is 0 Å². The van der Waals surface area contributed by atoms with E-state index in [9.17, 15) is 5.11 Å². The van der Waals surface area contributed by atoms with Crippen LogP contribution in [0.25, 0.3) is 0 Å². The molecule has 0 spiro atoms. The third-order valence-corrected chi connectivity index (χ3v) is 3.91. The minimum Gasteiger partial charge on any atom is -0.392 e. The van der Waals surface area contributed by atoms with Crippen molar-refractivity contribution in [3.63, 3.8) is 0 Å². The first-order valence-corrected chi connectivity index (χ1v) is 7.13. The average Bonchev–Trinajstić information content (AvgIpc) is 2.27. The lowest BCUT2D eigenvalue weighted by molar-refractivity contribution is -0.0441. The van der Waals surface area contributed by atoms with Crippen molar-refractivity contribution in [2.24, 2.45) is 5.92 Å². The topological polar surface area (TPSA) is 41.5 Å². The fraction of sp³-hybridized carbons (Fsp3) is 1.00. The molecule has 3 heteroatoms. The second-order valence-corrected chi connectivity index (χ2v) is 5.48. The van der Waals surface area contributed by atoms with E-state index in [0.717, 1.165) is 32.2 Å². The van der Waals surface area contributed by atoms with Gasteiger partial charge in [-0.15, -0.1) is 0 Å². The zero-order valence-electron chi connectivity index (χ0n) is 11.8. The molecule has 3 nitrogen and oxygen atoms in total. The zero-order valence-corrected chi connectivity index (χ0v) is 11.8. The fourth-order valence-corrected chi connectivity index (χ4v) is 2.86. The molecule has 0 bridgehead atoms. The molecule has 0 aromatic heterocycles. The van der Waals surface area contributed by atoms with Gasteiger partial charge in [0.25, 0.3) is 0 Å². The molecule has 0 aromatic carbocycles. The van der Waals surface area contributed by atoms with Crippen molar-refractivity contribution < 1.29 is 9.84 Å². The smallest absolute Gasteiger partial charge is 0.0692 e. The Balaban J connectivity index is 2.29. The van der Waals surface area contributed by atoms with Gasteiger partial charge >= 0.3 is 0 Å². The third kappa shape index (κ3) is 4.94. The van der Waals surface area contributed by atoms with Crippen molar-refractivity contribution in [2.45, 2.75) is 77.7 Å². The van der Waals surface area contributed by atoms with Crippen LogP contribution < -0.4 is 5.32 Å². The first-order valence-electron chi connectivity index (χ1n) is 7.13. The van der Waals surface area contributed by atoms with Crippen LogP contribution in [0.4, 0.5) is 0 Å². The predicted molar refractivity (Wildman–Crippen MR) is 71.1 cm³/mol. The molecule has 102 valence electrons. The second kappa shape index (κ2) is 7.34. The summed E-state index contributed by atoms with van der Waals surface area (Å²) in [5.41, 5.74) is 0. The van der Waals surface area contributed by atoms with Gasteiger partial charge in [0.15, 0.2) is 0 Å². The molecule has 3 unspecified atom stereocenters. The molecular formula is C14H29NO2. The van der Waals surface area contributed by atoms with Crippen molar-refractivity contribution >= 4 is 0 Å². The molecule has 1 aliphatic rings. The van der Waals surface area contributed by atoms with E-state index in [-0.39, 0.29) is 6.10 Å². The normalized spacial score (nSPS) is 31.8. The number of hydrogen-bond acceptors (Lipinski definition) is 3. The minimum absolute atomic E-state index is 0.210. The molecule has 1 rings (SSSR count). The molecule has 2 N–H and O–H groups in total. The molecule has 0 radical (unpaired) electrons. The quantitative estimate of drug-likeness (QED) is 0.752. The molecule has 0 aliphatic carbocycles. The van der Waals surface area contributed by atoms with Gasteiger partial charge in [0, 0.05) is 12.6 Å². The van der Waals surface area contributed by atoms with Crippen LogP contribution in [0, 0.1) is 5.92 Å². The zero-order chi connectivity index (χ0) is 12.8. The summed E-state index contributed by atoms with van der Waals surface area (Å²) in [7, 11) is 0. The van der Waals surface area contributed by atoms with Crippen molar-refractivity contribution in [3.05, 3.63) is 0 Å². The Morgan fingerprint density at radius 1 is 1.18 bits per heavy atom. The van der Waals surface area contributed by atoms with Crippen molar-refractivity contribution in [1.82, 2.24) is 5.32 Å². The van der Waals surface area contributed by atoms with Crippen LogP contribution in [-0.4, -0.2) is 36.0 Å². The largest absolute Gasteiger partial charge is 0.392 e. The predicted octanol–water partition coefficient (Wildman–Crippen LogP) is 2.33. The van der Waals surface area contributed by atoms with Crippen molar-refractivity contribution in [3.8, 4) is 0 Å². The highest BCUT2D eigenvalue weighted by Gasteiger charge is 2.25. The molecule has 1 fully saturated rings. The van der Waals surface area contributed by atoms with Gasteiger partial charge in [-0.25, -0.2) is 0 Å². The Kier molecular flexibility index (Phi) is 6.45. The standard InChI is InChI=1S/C14H29NO2/c1-5-12(6-2)14(16)9-15-13-7-10(3)17-11(4)8-13/h10-16H,5-9H2,1-4H3. The van der Waals surface area contributed by atoms with Crippen LogP contribution in [0.3, 0.4) is 0 Å². The highest BCUT2D eigenvalue weighted by molar-refractivity contribution is 4.80. The second-order valence-electron chi connectivity index (χ2n) is 5.48. The van der Waals surface area contributed by atoms with Crippen molar-refractivity contribution in [1.29, 1.82) is 0 Å². The van der Waals surface area contributed by atoms with E-state index >= 15 is 0 Å². The van der Waals surface area contributed by atoms with Crippen LogP contribution >= 0.6 is 0 Å². The SMILES string of the molecule is CCC(CC)C(O)CNC1CC(C)OC(C)C1. The summed E-state index contributed by atoms with van der Waals surface area (Å²) in [6.07, 6.45) is 4.68. The van der Waals surface area contributed by atoms with Gasteiger partial charge in [-0.05, 0) is 32.6 Å². The summed E-state index contributed by atoms with van der Waals surface area (Å²) < 4.78 is 5.71. The van der Waals surface area contributed by atoms with Gasteiger partial charge in [0.2, 0.25) is 0 Å². The van der Waals surface area contributed by atoms with Gasteiger partial charge in [-0.2, -0.15) is 0 Å². The Morgan fingerprint density at radius 2 is 1.71 bits per heavy atom. The highest BCUT2D eigenvalue weighted by Crippen LogP contribution is 2.19. The minimum atomic E-state index is -0.210. The van der Waals surface area contributed by atoms with Gasteiger partial charge in [0.05, 0.1) is 18.3 Å². The Hall–Kier alpha value is -0.120. The number of nitrogens with one attached hydrogen (secondary N) is 1. The summed E-state index contributed by atoms with van der Waals surface area (Å²) in [6.45, 7) is 9.27. The Morgan fingerprint density at radius 3 is 2.18 bits per heavy atom. The lowest BCUT2D eigenvalue weighted by atomic mass is 9.95. The summed E-state index contributed by atoms with van der Waals surface area (Å²) in [4.78, 5) is 0. The van der Waals surface area contributed by atoms with E-state index < -0.39 is 0 Å². The summed E-state index contributed by atoms with van der Waals surface area (Å²) >= 11 is 0. The molecule has 1 heterocycles. The molecule has 3 atom stereocenters. The number of aliphatic hydroxyl groups excluding tert-OH is 1. The Bertz CT molecular complexity index is 196. The maximum Gasteiger partial charge on any atom is 0.0692 e. The molecule has 17 heavy (non-hydrogen) atoms. The van der Waals surface area contributed by atoms with E-state index in [4.69, 9.17) is 4.74 Å². The number of aliphatic hydroxyl groups is 1. The lowest BCUT2D eigenvalue weighted by Gasteiger charge is -2.33. The first-order chi connectivity index (χ1) is 8.06. The molecule has 0 amide bonds. The monoisotopic (exact) mass is 243 g/mol. The average molecular weight is 243 g/mol. The number of ether oxygens (including phenoxy) is 1. The van der Waals surface area contributed by atoms with Crippen LogP contribution in [0.5, 0.6) is 0 Å². The number of rotatable bonds is 6. The summed E-state index contributed by atoms with van der Waals surface area (Å²) in [5.74, 6) is 0.428. The van der Waals surface area contributed by atoms with Crippen molar-refractivity contribution in [2.75, 3.05) is 6.54 Å². The van der Waals surface area contributed by atoms with Crippen LogP contribution in [-0.2, 0) is 4.74 Å². The summed E-state index contributed by atoms with van der Waals surface area (Å²) in [6, 6.07) is 0.498. The molecule has 1 aliphatic heterocycles. The molecular weight excluding hydrogens is 214 g/mol. The first kappa shape index (κ1) is 14.9. The van der Waals surface area contributed by atoms with Gasteiger partial charge in [-0.1, -0.05) is 26.7 Å². The molecule has 1 saturated heterocycles. The summed E-state index contributed by atoms with van der Waals surface area (Å²) in [5, 5.41) is 13.6. The third-order valence-electron chi connectivity index (χ3n) is 3.91. The molecule has 0 aromatic rings. The van der Waals surface area contributed by atoms with Gasteiger partial charge in [-0.3, -0.25) is 0 Å².